The van der Waals surface area contributed by atoms with Gasteiger partial charge in [-0.25, -0.2) is 0 Å². The van der Waals surface area contributed by atoms with Gasteiger partial charge in [-0.05, 0) is 19.3 Å². The minimum atomic E-state index is -1.50. The Morgan fingerprint density at radius 3 is 1.88 bits per heavy atom. The van der Waals surface area contributed by atoms with E-state index in [1.807, 2.05) is 0 Å². The molecule has 0 aromatic rings. The molecule has 0 aromatic carbocycles. The van der Waals surface area contributed by atoms with Crippen LogP contribution in [0.4, 0.5) is 0 Å². The first-order chi connectivity index (χ1) is 2.77. The fourth-order valence-corrected chi connectivity index (χ4v) is 0.528. The normalized spacial score (nSPS) is 8.75. The molecule has 0 aliphatic carbocycles. The van der Waals surface area contributed by atoms with Crippen LogP contribution >= 0.6 is 7.80 Å². The van der Waals surface area contributed by atoms with Crippen molar-refractivity contribution in [3.8, 4) is 11.6 Å². The zero-order valence-electron chi connectivity index (χ0n) is 4.89. The van der Waals surface area contributed by atoms with E-state index in [0.717, 1.165) is 0 Å². The maximum absolute atomic E-state index is 10.1. The zero-order valence-corrected chi connectivity index (χ0v) is 11.7. The standard InChI is InChI=1S/C4H7OP.W.Y/c1-3-4-6(2)5;;/h6H,1-2H3;;. The van der Waals surface area contributed by atoms with Gasteiger partial charge in [0, 0.05) is 53.8 Å². The molecule has 1 radical (unpaired) electrons. The van der Waals surface area contributed by atoms with Gasteiger partial charge in [0.25, 0.3) is 0 Å². The van der Waals surface area contributed by atoms with Gasteiger partial charge in [-0.3, -0.25) is 0 Å². The van der Waals surface area contributed by atoms with Gasteiger partial charge in [0.15, 0.2) is 0 Å². The van der Waals surface area contributed by atoms with Crippen molar-refractivity contribution < 1.29 is 58.3 Å². The molecule has 0 aliphatic heterocycles. The first-order valence-electron chi connectivity index (χ1n) is 1.70. The van der Waals surface area contributed by atoms with E-state index in [-0.39, 0.29) is 53.8 Å². The van der Waals surface area contributed by atoms with Crippen LogP contribution in [0.3, 0.4) is 0 Å². The Hall–Kier alpha value is 1.58. The summed E-state index contributed by atoms with van der Waals surface area (Å²) in [7, 11) is -1.50. The van der Waals surface area contributed by atoms with Crippen LogP contribution in [0.2, 0.25) is 0 Å². The maximum atomic E-state index is 10.1. The van der Waals surface area contributed by atoms with Gasteiger partial charge in [-0.15, -0.1) is 0 Å². The number of hydrogen-bond donors (Lipinski definition) is 0. The Balaban J connectivity index is -0.000000125. The Morgan fingerprint density at radius 2 is 1.88 bits per heavy atom. The summed E-state index contributed by atoms with van der Waals surface area (Å²) >= 11 is 0. The molecular formula is C4H7OPWY. The molecule has 4 heteroatoms. The van der Waals surface area contributed by atoms with Gasteiger partial charge in [0.2, 0.25) is 0 Å². The van der Waals surface area contributed by atoms with Crippen LogP contribution in [0.1, 0.15) is 6.92 Å². The molecule has 0 bridgehead atoms. The molecule has 0 saturated carbocycles. The molecule has 0 spiro atoms. The van der Waals surface area contributed by atoms with Crippen LogP contribution in [0.15, 0.2) is 0 Å². The third kappa shape index (κ3) is 15.6. The van der Waals surface area contributed by atoms with Gasteiger partial charge >= 0.3 is 0 Å². The van der Waals surface area contributed by atoms with E-state index in [2.05, 4.69) is 11.6 Å². The SMILES string of the molecule is CC#C[PH](C)=O.[W].[Y]. The molecule has 1 atom stereocenters. The van der Waals surface area contributed by atoms with E-state index in [9.17, 15) is 4.57 Å². The first-order valence-corrected chi connectivity index (χ1v) is 3.61. The van der Waals surface area contributed by atoms with Gasteiger partial charge in [0.1, 0.15) is 7.80 Å². The zero-order chi connectivity index (χ0) is 4.99. The quantitative estimate of drug-likeness (QED) is 0.459. The first kappa shape index (κ1) is 16.3. The van der Waals surface area contributed by atoms with Crippen molar-refractivity contribution in [2.24, 2.45) is 0 Å². The molecule has 0 N–H and O–H groups in total. The molecule has 8 heavy (non-hydrogen) atoms. The molecule has 0 amide bonds. The Morgan fingerprint density at radius 1 is 1.50 bits per heavy atom. The molecule has 0 aliphatic rings. The largest absolute Gasteiger partial charge is 0.314 e. The van der Waals surface area contributed by atoms with Crippen LogP contribution in [0, 0.1) is 11.6 Å². The second-order valence-corrected chi connectivity index (χ2v) is 2.29. The number of hydrogen-bond acceptors (Lipinski definition) is 1. The minimum Gasteiger partial charge on any atom is -0.314 e. The average molecular weight is 375 g/mol. The monoisotopic (exact) mass is 375 g/mol. The van der Waals surface area contributed by atoms with E-state index in [0.29, 0.717) is 0 Å². The summed E-state index contributed by atoms with van der Waals surface area (Å²) in [5.74, 6) is 2.55. The molecule has 1 unspecified atom stereocenters. The summed E-state index contributed by atoms with van der Waals surface area (Å²) in [6, 6.07) is 0. The second kappa shape index (κ2) is 11.4. The van der Waals surface area contributed by atoms with Crippen molar-refractivity contribution in [1.29, 1.82) is 0 Å². The van der Waals surface area contributed by atoms with E-state index >= 15 is 0 Å². The third-order valence-electron chi connectivity index (χ3n) is 0.301. The average Bonchev–Trinajstić information content (AvgIpc) is 1.35. The molecule has 0 fully saturated rings. The van der Waals surface area contributed by atoms with Crippen molar-refractivity contribution in [2.45, 2.75) is 6.92 Å². The minimum absolute atomic E-state index is 0. The summed E-state index contributed by atoms with van der Waals surface area (Å²) in [4.78, 5) is 0. The van der Waals surface area contributed by atoms with Crippen LogP contribution in [0.5, 0.6) is 0 Å². The Labute approximate surface area is 90.3 Å². The fraction of sp³-hybridized carbons (Fsp3) is 0.500. The smallest absolute Gasteiger partial charge is 0.140 e. The maximum Gasteiger partial charge on any atom is 0.140 e. The predicted molar refractivity (Wildman–Crippen MR) is 28.4 cm³/mol. The second-order valence-electron chi connectivity index (χ2n) is 0.931. The third-order valence-corrected chi connectivity index (χ3v) is 0.903. The molecule has 0 heterocycles. The molecule has 0 saturated heterocycles. The van der Waals surface area contributed by atoms with Crippen molar-refractivity contribution in [3.05, 3.63) is 0 Å². The van der Waals surface area contributed by atoms with Crippen LogP contribution in [-0.2, 0) is 58.3 Å². The van der Waals surface area contributed by atoms with Gasteiger partial charge in [0.05, 0.1) is 0 Å². The van der Waals surface area contributed by atoms with Gasteiger partial charge in [-0.2, -0.15) is 0 Å². The van der Waals surface area contributed by atoms with Gasteiger partial charge < -0.3 is 4.57 Å². The molecular weight excluding hydrogens is 368 g/mol. The van der Waals surface area contributed by atoms with Crippen LogP contribution < -0.4 is 0 Å². The summed E-state index contributed by atoms with van der Waals surface area (Å²) in [5.41, 5.74) is 2.50. The molecule has 0 aromatic heterocycles. The van der Waals surface area contributed by atoms with E-state index in [4.69, 9.17) is 0 Å². The fourth-order valence-electron chi connectivity index (χ4n) is 0.176. The molecule has 0 rings (SSSR count). The van der Waals surface area contributed by atoms with E-state index in [1.54, 1.807) is 13.6 Å². The number of rotatable bonds is 0. The summed E-state index contributed by atoms with van der Waals surface area (Å²) in [6.07, 6.45) is 0. The predicted octanol–water partition coefficient (Wildman–Crippen LogP) is 1.15. The van der Waals surface area contributed by atoms with Crippen molar-refractivity contribution in [1.82, 2.24) is 0 Å². The van der Waals surface area contributed by atoms with Crippen molar-refractivity contribution in [2.75, 3.05) is 6.66 Å². The topological polar surface area (TPSA) is 17.1 Å². The summed E-state index contributed by atoms with van der Waals surface area (Å²) < 4.78 is 10.1. The van der Waals surface area contributed by atoms with Crippen LogP contribution in [-0.4, -0.2) is 6.66 Å². The molecule has 1 nitrogen and oxygen atoms in total. The van der Waals surface area contributed by atoms with Crippen molar-refractivity contribution in [3.63, 3.8) is 0 Å². The van der Waals surface area contributed by atoms with Crippen LogP contribution in [0.25, 0.3) is 0 Å². The van der Waals surface area contributed by atoms with E-state index < -0.39 is 7.80 Å². The Kier molecular flexibility index (Phi) is 23.2. The Bertz CT molecular complexity index is 115. The van der Waals surface area contributed by atoms with Gasteiger partial charge in [-0.1, -0.05) is 5.92 Å². The van der Waals surface area contributed by atoms with Crippen molar-refractivity contribution >= 4 is 7.80 Å². The summed E-state index contributed by atoms with van der Waals surface area (Å²) in [6.45, 7) is 3.31. The molecule has 43 valence electrons. The van der Waals surface area contributed by atoms with E-state index in [1.165, 1.54) is 0 Å². The summed E-state index contributed by atoms with van der Waals surface area (Å²) in [5, 5.41) is 0.